The van der Waals surface area contributed by atoms with Crippen molar-refractivity contribution in [2.45, 2.75) is 31.0 Å². The van der Waals surface area contributed by atoms with Crippen molar-refractivity contribution in [1.29, 1.82) is 0 Å². The van der Waals surface area contributed by atoms with Crippen molar-refractivity contribution in [2.24, 2.45) is 5.41 Å². The summed E-state index contributed by atoms with van der Waals surface area (Å²) in [6, 6.07) is 7.82. The van der Waals surface area contributed by atoms with E-state index in [1.165, 1.54) is 12.1 Å². The van der Waals surface area contributed by atoms with Crippen molar-refractivity contribution >= 4 is 6.41 Å². The summed E-state index contributed by atoms with van der Waals surface area (Å²) >= 11 is 0. The molecule has 2 nitrogen and oxygen atoms in total. The summed E-state index contributed by atoms with van der Waals surface area (Å²) in [4.78, 5) is 12.0. The van der Waals surface area contributed by atoms with E-state index in [4.69, 9.17) is 0 Å². The maximum atomic E-state index is 13.8. The summed E-state index contributed by atoms with van der Waals surface area (Å²) in [7, 11) is 0. The molecule has 0 radical (unpaired) electrons. The van der Waals surface area contributed by atoms with Gasteiger partial charge in [-0.1, -0.05) is 36.8 Å². The summed E-state index contributed by atoms with van der Waals surface area (Å²) in [6.45, 7) is 0.213. The molecule has 1 aliphatic heterocycles. The summed E-state index contributed by atoms with van der Waals surface area (Å²) in [5, 5.41) is 0. The molecular weight excluding hydrogens is 255 g/mol. The van der Waals surface area contributed by atoms with E-state index in [1.54, 1.807) is 18.2 Å². The third kappa shape index (κ3) is 1.30. The van der Waals surface area contributed by atoms with Gasteiger partial charge in [0.2, 0.25) is 6.41 Å². The Balaban J connectivity index is 2.19. The van der Waals surface area contributed by atoms with Gasteiger partial charge in [0.05, 0.1) is 0 Å². The highest BCUT2D eigenvalue weighted by Gasteiger charge is 2.78. The lowest BCUT2D eigenvalue weighted by molar-refractivity contribution is -0.338. The molecular formula is C14H14F3NO. The molecule has 2 fully saturated rings. The molecule has 1 atom stereocenters. The zero-order chi connectivity index (χ0) is 13.7. The van der Waals surface area contributed by atoms with Gasteiger partial charge in [0.15, 0.2) is 5.54 Å². The van der Waals surface area contributed by atoms with Crippen molar-refractivity contribution in [2.75, 3.05) is 6.54 Å². The summed E-state index contributed by atoms with van der Waals surface area (Å²) < 4.78 is 41.4. The number of likely N-dealkylation sites (tertiary alicyclic amines) is 1. The van der Waals surface area contributed by atoms with E-state index in [0.29, 0.717) is 19.3 Å². The number of amides is 1. The molecule has 1 amide bonds. The first-order valence-electron chi connectivity index (χ1n) is 6.32. The Labute approximate surface area is 109 Å². The number of benzene rings is 1. The Hall–Kier alpha value is -1.52. The first-order valence-corrected chi connectivity index (χ1v) is 6.32. The van der Waals surface area contributed by atoms with Crippen LogP contribution in [-0.2, 0) is 10.3 Å². The van der Waals surface area contributed by atoms with Gasteiger partial charge in [-0.3, -0.25) is 4.79 Å². The maximum Gasteiger partial charge on any atom is 0.416 e. The average molecular weight is 269 g/mol. The lowest BCUT2D eigenvalue weighted by Gasteiger charge is -2.69. The fraction of sp³-hybridized carbons (Fsp3) is 0.500. The fourth-order valence-electron chi connectivity index (χ4n) is 3.79. The van der Waals surface area contributed by atoms with E-state index in [2.05, 4.69) is 0 Å². The van der Waals surface area contributed by atoms with E-state index >= 15 is 0 Å². The van der Waals surface area contributed by atoms with Crippen molar-refractivity contribution in [3.8, 4) is 0 Å². The number of halogens is 3. The smallest absolute Gasteiger partial charge is 0.326 e. The topological polar surface area (TPSA) is 20.3 Å². The molecule has 19 heavy (non-hydrogen) atoms. The van der Waals surface area contributed by atoms with Crippen LogP contribution < -0.4 is 0 Å². The molecule has 1 aliphatic carbocycles. The highest BCUT2D eigenvalue weighted by Crippen LogP contribution is 2.69. The summed E-state index contributed by atoms with van der Waals surface area (Å²) in [6.07, 6.45) is -2.24. The fourth-order valence-corrected chi connectivity index (χ4v) is 3.79. The Kier molecular flexibility index (Phi) is 2.46. The molecule has 3 rings (SSSR count). The molecule has 1 heterocycles. The minimum absolute atomic E-state index is 0.181. The molecule has 2 aliphatic rings. The quantitative estimate of drug-likeness (QED) is 0.755. The van der Waals surface area contributed by atoms with Gasteiger partial charge in [0.25, 0.3) is 0 Å². The molecule has 102 valence electrons. The van der Waals surface area contributed by atoms with Crippen LogP contribution >= 0.6 is 0 Å². The molecule has 0 N–H and O–H groups in total. The van der Waals surface area contributed by atoms with Gasteiger partial charge in [0.1, 0.15) is 0 Å². The van der Waals surface area contributed by atoms with Crippen LogP contribution in [0.5, 0.6) is 0 Å². The molecule has 1 aromatic carbocycles. The Morgan fingerprint density at radius 2 is 1.79 bits per heavy atom. The van der Waals surface area contributed by atoms with Crippen LogP contribution in [0.25, 0.3) is 0 Å². The normalized spacial score (nSPS) is 28.7. The zero-order valence-electron chi connectivity index (χ0n) is 10.3. The number of carbonyl (C=O) groups is 1. The lowest BCUT2D eigenvalue weighted by atomic mass is 9.48. The number of hydrogen-bond donors (Lipinski definition) is 0. The number of hydrogen-bond acceptors (Lipinski definition) is 1. The number of rotatable bonds is 2. The van der Waals surface area contributed by atoms with Gasteiger partial charge in [-0.2, -0.15) is 13.2 Å². The Bertz CT molecular complexity index is 495. The first kappa shape index (κ1) is 12.5. The van der Waals surface area contributed by atoms with Crippen LogP contribution in [-0.4, -0.2) is 24.0 Å². The predicted octanol–water partition coefficient (Wildman–Crippen LogP) is 3.09. The van der Waals surface area contributed by atoms with Gasteiger partial charge in [-0.15, -0.1) is 0 Å². The largest absolute Gasteiger partial charge is 0.416 e. The van der Waals surface area contributed by atoms with E-state index in [1.807, 2.05) is 0 Å². The van der Waals surface area contributed by atoms with E-state index in [-0.39, 0.29) is 12.1 Å². The second-order valence-corrected chi connectivity index (χ2v) is 5.44. The number of alkyl halides is 3. The molecule has 5 heteroatoms. The second-order valence-electron chi connectivity index (χ2n) is 5.44. The van der Waals surface area contributed by atoms with Gasteiger partial charge in [-0.25, -0.2) is 0 Å². The molecule has 1 unspecified atom stereocenters. The van der Waals surface area contributed by atoms with Crippen molar-refractivity contribution in [3.63, 3.8) is 0 Å². The predicted molar refractivity (Wildman–Crippen MR) is 63.2 cm³/mol. The molecule has 1 aromatic rings. The molecule has 0 bridgehead atoms. The maximum absolute atomic E-state index is 13.8. The van der Waals surface area contributed by atoms with Crippen molar-refractivity contribution in [1.82, 2.24) is 4.90 Å². The molecule has 1 spiro atoms. The second kappa shape index (κ2) is 3.74. The van der Waals surface area contributed by atoms with Gasteiger partial charge < -0.3 is 4.90 Å². The molecule has 0 aromatic heterocycles. The van der Waals surface area contributed by atoms with Crippen LogP contribution in [0.1, 0.15) is 24.8 Å². The monoisotopic (exact) mass is 269 g/mol. The standard InChI is InChI=1S/C14H14F3NO/c15-14(16,17)13(11-5-2-1-3-6-11)12(7-4-8-12)9-18(13)10-19/h1-3,5-6,10H,4,7-9H2. The van der Waals surface area contributed by atoms with Crippen LogP contribution in [0.15, 0.2) is 30.3 Å². The van der Waals surface area contributed by atoms with Crippen molar-refractivity contribution < 1.29 is 18.0 Å². The van der Waals surface area contributed by atoms with Gasteiger partial charge in [0, 0.05) is 12.0 Å². The van der Waals surface area contributed by atoms with Crippen molar-refractivity contribution in [3.05, 3.63) is 35.9 Å². The Morgan fingerprint density at radius 3 is 2.21 bits per heavy atom. The van der Waals surface area contributed by atoms with E-state index < -0.39 is 17.1 Å². The molecule has 1 saturated heterocycles. The number of nitrogens with zero attached hydrogens (tertiary/aromatic N) is 1. The van der Waals surface area contributed by atoms with Crippen LogP contribution in [0.2, 0.25) is 0 Å². The highest BCUT2D eigenvalue weighted by atomic mass is 19.4. The SMILES string of the molecule is O=CN1CC2(CCC2)C1(c1ccccc1)C(F)(F)F. The average Bonchev–Trinajstić information content (AvgIpc) is 2.26. The third-order valence-electron chi connectivity index (χ3n) is 4.71. The molecule has 1 saturated carbocycles. The van der Waals surface area contributed by atoms with E-state index in [0.717, 1.165) is 11.3 Å². The van der Waals surface area contributed by atoms with Crippen LogP contribution in [0.4, 0.5) is 13.2 Å². The van der Waals surface area contributed by atoms with Crippen LogP contribution in [0.3, 0.4) is 0 Å². The summed E-state index contributed by atoms with van der Waals surface area (Å²) in [5.41, 5.74) is -2.75. The van der Waals surface area contributed by atoms with Gasteiger partial charge >= 0.3 is 6.18 Å². The summed E-state index contributed by atoms with van der Waals surface area (Å²) in [5.74, 6) is 0. The van der Waals surface area contributed by atoms with Gasteiger partial charge in [-0.05, 0) is 18.4 Å². The minimum Gasteiger partial charge on any atom is -0.326 e. The van der Waals surface area contributed by atoms with Crippen LogP contribution in [0, 0.1) is 5.41 Å². The first-order chi connectivity index (χ1) is 8.98. The lowest BCUT2D eigenvalue weighted by Crippen LogP contribution is -2.79. The number of carbonyl (C=O) groups excluding carboxylic acids is 1. The third-order valence-corrected chi connectivity index (χ3v) is 4.71. The zero-order valence-corrected chi connectivity index (χ0v) is 10.3. The minimum atomic E-state index is -4.45. The van der Waals surface area contributed by atoms with E-state index in [9.17, 15) is 18.0 Å². The Morgan fingerprint density at radius 1 is 1.16 bits per heavy atom. The highest BCUT2D eigenvalue weighted by molar-refractivity contribution is 5.57.